The second kappa shape index (κ2) is 4.09. The van der Waals surface area contributed by atoms with Crippen LogP contribution in [0.25, 0.3) is 0 Å². The molecule has 1 aromatic carbocycles. The van der Waals surface area contributed by atoms with Crippen molar-refractivity contribution in [1.82, 2.24) is 0 Å². The van der Waals surface area contributed by atoms with Crippen LogP contribution in [0.15, 0.2) is 17.0 Å². The van der Waals surface area contributed by atoms with Crippen molar-refractivity contribution < 1.29 is 18.3 Å². The van der Waals surface area contributed by atoms with Gasteiger partial charge in [0.15, 0.2) is 9.84 Å². The van der Waals surface area contributed by atoms with Gasteiger partial charge in [-0.25, -0.2) is 13.2 Å². The van der Waals surface area contributed by atoms with E-state index < -0.39 is 15.8 Å². The van der Waals surface area contributed by atoms with E-state index in [1.165, 1.54) is 12.1 Å². The largest absolute Gasteiger partial charge is 0.478 e. The third-order valence-corrected chi connectivity index (χ3v) is 4.88. The average molecular weight is 340 g/mol. The molecule has 0 unspecified atom stereocenters. The molecule has 0 aliphatic carbocycles. The Labute approximate surface area is 101 Å². The van der Waals surface area contributed by atoms with E-state index in [0.717, 1.165) is 6.26 Å². The SMILES string of the molecule is Cc1c(C(=O)O)ccc(S(C)(=O)=O)c1I. The highest BCUT2D eigenvalue weighted by Crippen LogP contribution is 2.24. The second-order valence-electron chi connectivity index (χ2n) is 3.13. The summed E-state index contributed by atoms with van der Waals surface area (Å²) in [5.41, 5.74) is 0.609. The van der Waals surface area contributed by atoms with Crippen molar-refractivity contribution in [3.05, 3.63) is 26.8 Å². The van der Waals surface area contributed by atoms with Gasteiger partial charge < -0.3 is 5.11 Å². The van der Waals surface area contributed by atoms with Crippen molar-refractivity contribution in [2.45, 2.75) is 11.8 Å². The molecule has 0 spiro atoms. The molecule has 1 N–H and O–H groups in total. The zero-order valence-electron chi connectivity index (χ0n) is 8.11. The van der Waals surface area contributed by atoms with Crippen molar-refractivity contribution in [3.8, 4) is 0 Å². The van der Waals surface area contributed by atoms with Gasteiger partial charge in [-0.2, -0.15) is 0 Å². The molecule has 1 rings (SSSR count). The number of aromatic carboxylic acids is 1. The van der Waals surface area contributed by atoms with Crippen LogP contribution in [0.2, 0.25) is 0 Å². The van der Waals surface area contributed by atoms with E-state index in [9.17, 15) is 13.2 Å². The predicted octanol–water partition coefficient (Wildman–Crippen LogP) is 1.70. The number of halogens is 1. The molecule has 15 heavy (non-hydrogen) atoms. The monoisotopic (exact) mass is 340 g/mol. The fraction of sp³-hybridized carbons (Fsp3) is 0.222. The lowest BCUT2D eigenvalue weighted by molar-refractivity contribution is 0.0696. The minimum Gasteiger partial charge on any atom is -0.478 e. The number of sulfone groups is 1. The molecule has 0 aliphatic rings. The standard InChI is InChI=1S/C9H9IO4S/c1-5-6(9(11)12)3-4-7(8(5)10)15(2,13)14/h3-4H,1-2H3,(H,11,12). The van der Waals surface area contributed by atoms with E-state index >= 15 is 0 Å². The van der Waals surface area contributed by atoms with Crippen molar-refractivity contribution in [3.63, 3.8) is 0 Å². The van der Waals surface area contributed by atoms with Crippen molar-refractivity contribution in [1.29, 1.82) is 0 Å². The lowest BCUT2D eigenvalue weighted by Crippen LogP contribution is -2.07. The number of carboxylic acid groups (broad SMARTS) is 1. The molecular weight excluding hydrogens is 331 g/mol. The van der Waals surface area contributed by atoms with Crippen LogP contribution in [0.4, 0.5) is 0 Å². The van der Waals surface area contributed by atoms with Crippen LogP contribution >= 0.6 is 22.6 Å². The minimum atomic E-state index is -3.30. The lowest BCUT2D eigenvalue weighted by Gasteiger charge is -2.07. The van der Waals surface area contributed by atoms with Crippen LogP contribution in [0.1, 0.15) is 15.9 Å². The van der Waals surface area contributed by atoms with Gasteiger partial charge >= 0.3 is 5.97 Å². The summed E-state index contributed by atoms with van der Waals surface area (Å²) < 4.78 is 23.1. The van der Waals surface area contributed by atoms with E-state index in [1.807, 2.05) is 22.6 Å². The summed E-state index contributed by atoms with van der Waals surface area (Å²) in [5, 5.41) is 8.83. The number of carboxylic acids is 1. The number of rotatable bonds is 2. The fourth-order valence-corrected chi connectivity index (χ4v) is 3.64. The molecule has 0 saturated heterocycles. The summed E-state index contributed by atoms with van der Waals surface area (Å²) in [4.78, 5) is 11.0. The van der Waals surface area contributed by atoms with E-state index in [0.29, 0.717) is 9.13 Å². The van der Waals surface area contributed by atoms with Gasteiger partial charge in [-0.05, 0) is 47.2 Å². The molecule has 6 heteroatoms. The first kappa shape index (κ1) is 12.4. The molecule has 0 amide bonds. The van der Waals surface area contributed by atoms with Gasteiger partial charge in [-0.3, -0.25) is 0 Å². The van der Waals surface area contributed by atoms with Gasteiger partial charge in [0.1, 0.15) is 0 Å². The second-order valence-corrected chi connectivity index (χ2v) is 6.19. The normalized spacial score (nSPS) is 11.4. The molecule has 82 valence electrons. The van der Waals surface area contributed by atoms with Gasteiger partial charge in [0.25, 0.3) is 0 Å². The van der Waals surface area contributed by atoms with E-state index in [2.05, 4.69) is 0 Å². The van der Waals surface area contributed by atoms with Gasteiger partial charge in [0.2, 0.25) is 0 Å². The molecule has 0 atom stereocenters. The van der Waals surface area contributed by atoms with Gasteiger partial charge in [-0.15, -0.1) is 0 Å². The van der Waals surface area contributed by atoms with E-state index in [-0.39, 0.29) is 10.5 Å². The third kappa shape index (κ3) is 2.49. The number of hydrogen-bond acceptors (Lipinski definition) is 3. The number of carbonyl (C=O) groups is 1. The first-order valence-corrected chi connectivity index (χ1v) is 6.94. The minimum absolute atomic E-state index is 0.131. The van der Waals surface area contributed by atoms with E-state index in [4.69, 9.17) is 5.11 Å². The van der Waals surface area contributed by atoms with Gasteiger partial charge in [-0.1, -0.05) is 0 Å². The molecule has 0 aromatic heterocycles. The van der Waals surface area contributed by atoms with Gasteiger partial charge in [0.05, 0.1) is 10.5 Å². The summed E-state index contributed by atoms with van der Waals surface area (Å²) in [6.07, 6.45) is 1.10. The molecule has 0 fully saturated rings. The molecule has 0 radical (unpaired) electrons. The maximum absolute atomic E-state index is 11.3. The van der Waals surface area contributed by atoms with Gasteiger partial charge in [0, 0.05) is 9.83 Å². The Balaban J connectivity index is 3.55. The van der Waals surface area contributed by atoms with Crippen LogP contribution in [0.3, 0.4) is 0 Å². The van der Waals surface area contributed by atoms with Crippen LogP contribution in [0.5, 0.6) is 0 Å². The Morgan fingerprint density at radius 1 is 1.40 bits per heavy atom. The summed E-state index contributed by atoms with van der Waals surface area (Å²) >= 11 is 1.85. The molecule has 4 nitrogen and oxygen atoms in total. The lowest BCUT2D eigenvalue weighted by atomic mass is 10.1. The molecular formula is C9H9IO4S. The molecule has 0 aliphatic heterocycles. The first-order chi connectivity index (χ1) is 6.75. The predicted molar refractivity (Wildman–Crippen MR) is 64.0 cm³/mol. The quantitative estimate of drug-likeness (QED) is 0.832. The zero-order chi connectivity index (χ0) is 11.8. The summed E-state index contributed by atoms with van der Waals surface area (Å²) in [7, 11) is -3.30. The summed E-state index contributed by atoms with van der Waals surface area (Å²) in [6, 6.07) is 2.64. The van der Waals surface area contributed by atoms with E-state index in [1.54, 1.807) is 6.92 Å². The maximum atomic E-state index is 11.3. The van der Waals surface area contributed by atoms with Crippen LogP contribution in [-0.2, 0) is 9.84 Å². The molecule has 0 bridgehead atoms. The Bertz CT molecular complexity index is 519. The highest BCUT2D eigenvalue weighted by Gasteiger charge is 2.17. The highest BCUT2D eigenvalue weighted by molar-refractivity contribution is 14.1. The smallest absolute Gasteiger partial charge is 0.335 e. The number of hydrogen-bond donors (Lipinski definition) is 1. The molecule has 0 saturated carbocycles. The summed E-state index contributed by atoms with van der Waals surface area (Å²) in [5.74, 6) is -1.05. The molecule has 1 aromatic rings. The fourth-order valence-electron chi connectivity index (χ4n) is 1.18. The average Bonchev–Trinajstić information content (AvgIpc) is 2.06. The van der Waals surface area contributed by atoms with Crippen molar-refractivity contribution in [2.75, 3.05) is 6.26 Å². The first-order valence-electron chi connectivity index (χ1n) is 3.97. The summed E-state index contributed by atoms with van der Waals surface area (Å²) in [6.45, 7) is 1.60. The highest BCUT2D eigenvalue weighted by atomic mass is 127. The van der Waals surface area contributed by atoms with Crippen molar-refractivity contribution >= 4 is 38.4 Å². The zero-order valence-corrected chi connectivity index (χ0v) is 11.1. The van der Waals surface area contributed by atoms with Crippen LogP contribution in [0, 0.1) is 10.5 Å². The Morgan fingerprint density at radius 2 is 1.93 bits per heavy atom. The maximum Gasteiger partial charge on any atom is 0.335 e. The Hall–Kier alpha value is -0.630. The van der Waals surface area contributed by atoms with Crippen LogP contribution < -0.4 is 0 Å². The van der Waals surface area contributed by atoms with Crippen molar-refractivity contribution in [2.24, 2.45) is 0 Å². The third-order valence-electron chi connectivity index (χ3n) is 1.98. The topological polar surface area (TPSA) is 71.4 Å². The van der Waals surface area contributed by atoms with Crippen LogP contribution in [-0.4, -0.2) is 25.7 Å². The Kier molecular flexibility index (Phi) is 3.39. The molecule has 0 heterocycles. The Morgan fingerprint density at radius 3 is 2.33 bits per heavy atom. The number of benzene rings is 1.